The highest BCUT2D eigenvalue weighted by Crippen LogP contribution is 2.11. The second-order valence-corrected chi connectivity index (χ2v) is 6.48. The van der Waals surface area contributed by atoms with Crippen LogP contribution in [-0.4, -0.2) is 31.5 Å². The van der Waals surface area contributed by atoms with Gasteiger partial charge in [-0.15, -0.1) is 0 Å². The van der Waals surface area contributed by atoms with E-state index in [1.165, 1.54) is 0 Å². The maximum Gasteiger partial charge on any atom is 0.153 e. The zero-order chi connectivity index (χ0) is 12.7. The normalized spacial score (nSPS) is 11.4. The lowest BCUT2D eigenvalue weighted by Crippen LogP contribution is -2.16. The minimum atomic E-state index is -2.97. The number of hydrogen-bond acceptors (Lipinski definition) is 4. The molecule has 1 heterocycles. The Morgan fingerprint density at radius 2 is 2.12 bits per heavy atom. The lowest BCUT2D eigenvalue weighted by atomic mass is 10.4. The number of rotatable bonds is 7. The summed E-state index contributed by atoms with van der Waals surface area (Å²) in [6, 6.07) is 3.63. The molecule has 1 aromatic heterocycles. The monoisotopic (exact) mass is 321 g/mol. The van der Waals surface area contributed by atoms with E-state index < -0.39 is 9.84 Å². The average Bonchev–Trinajstić information content (AvgIpc) is 2.29. The van der Waals surface area contributed by atoms with Crippen molar-refractivity contribution in [1.29, 1.82) is 0 Å². The quantitative estimate of drug-likeness (QED) is 0.722. The van der Waals surface area contributed by atoms with Crippen molar-refractivity contribution in [3.05, 3.63) is 24.0 Å². The summed E-state index contributed by atoms with van der Waals surface area (Å²) in [7, 11) is -2.97. The molecule has 0 aromatic carbocycles. The van der Waals surface area contributed by atoms with Gasteiger partial charge in [-0.3, -0.25) is 4.98 Å². The second-order valence-electron chi connectivity index (χ2n) is 3.62. The summed E-state index contributed by atoms with van der Waals surface area (Å²) >= 11 is 3.30. The zero-order valence-electron chi connectivity index (χ0n) is 9.73. The molecule has 0 amide bonds. The Kier molecular flexibility index (Phi) is 5.91. The Balaban J connectivity index is 2.40. The van der Waals surface area contributed by atoms with Crippen molar-refractivity contribution in [2.24, 2.45) is 0 Å². The number of sulfone groups is 1. The average molecular weight is 322 g/mol. The first-order valence-corrected chi connectivity index (χ1v) is 8.36. The molecule has 17 heavy (non-hydrogen) atoms. The number of halogens is 1. The topological polar surface area (TPSA) is 56.3 Å². The van der Waals surface area contributed by atoms with Gasteiger partial charge in [-0.1, -0.05) is 22.9 Å². The van der Waals surface area contributed by atoms with E-state index in [0.717, 1.165) is 5.69 Å². The molecular formula is C11H16BrNO3S. The Morgan fingerprint density at radius 1 is 1.35 bits per heavy atom. The third-order valence-electron chi connectivity index (χ3n) is 2.11. The van der Waals surface area contributed by atoms with Gasteiger partial charge in [-0.05, 0) is 18.6 Å². The molecule has 0 spiro atoms. The van der Waals surface area contributed by atoms with E-state index in [1.54, 1.807) is 12.3 Å². The zero-order valence-corrected chi connectivity index (χ0v) is 12.1. The van der Waals surface area contributed by atoms with Gasteiger partial charge in [0.25, 0.3) is 0 Å². The van der Waals surface area contributed by atoms with Gasteiger partial charge in [0.2, 0.25) is 0 Å². The molecule has 1 rings (SSSR count). The summed E-state index contributed by atoms with van der Waals surface area (Å²) in [6.07, 6.45) is 2.24. The van der Waals surface area contributed by atoms with Crippen LogP contribution in [0.25, 0.3) is 0 Å². The van der Waals surface area contributed by atoms with Crippen LogP contribution in [0.15, 0.2) is 18.3 Å². The van der Waals surface area contributed by atoms with Gasteiger partial charge < -0.3 is 4.74 Å². The molecule has 0 unspecified atom stereocenters. The van der Waals surface area contributed by atoms with Crippen LogP contribution in [0.5, 0.6) is 5.75 Å². The molecule has 96 valence electrons. The smallest absolute Gasteiger partial charge is 0.153 e. The van der Waals surface area contributed by atoms with Crippen molar-refractivity contribution < 1.29 is 13.2 Å². The minimum absolute atomic E-state index is 0.0566. The van der Waals surface area contributed by atoms with Crippen molar-refractivity contribution in [3.8, 4) is 5.75 Å². The first-order chi connectivity index (χ1) is 8.07. The third-order valence-corrected chi connectivity index (χ3v) is 4.51. The van der Waals surface area contributed by atoms with Crippen LogP contribution >= 0.6 is 15.9 Å². The molecular weight excluding hydrogens is 306 g/mol. The van der Waals surface area contributed by atoms with Gasteiger partial charge in [0.1, 0.15) is 12.4 Å². The van der Waals surface area contributed by atoms with Crippen molar-refractivity contribution in [2.75, 3.05) is 18.1 Å². The molecule has 0 aliphatic rings. The number of aromatic nitrogens is 1. The molecule has 0 N–H and O–H groups in total. The van der Waals surface area contributed by atoms with Gasteiger partial charge in [-0.25, -0.2) is 8.42 Å². The third kappa shape index (κ3) is 5.50. The number of nitrogens with zero attached hydrogens (tertiary/aromatic N) is 1. The molecule has 1 aromatic rings. The van der Waals surface area contributed by atoms with E-state index in [4.69, 9.17) is 4.74 Å². The predicted molar refractivity (Wildman–Crippen MR) is 71.3 cm³/mol. The fourth-order valence-corrected chi connectivity index (χ4v) is 2.77. The van der Waals surface area contributed by atoms with E-state index in [2.05, 4.69) is 20.9 Å². The summed E-state index contributed by atoms with van der Waals surface area (Å²) in [5.74, 6) is 0.874. The summed E-state index contributed by atoms with van der Waals surface area (Å²) in [6.45, 7) is 2.03. The van der Waals surface area contributed by atoms with Gasteiger partial charge in [0, 0.05) is 5.33 Å². The van der Waals surface area contributed by atoms with Crippen LogP contribution in [-0.2, 0) is 15.2 Å². The van der Waals surface area contributed by atoms with Crippen LogP contribution in [0, 0.1) is 0 Å². The Hall–Kier alpha value is -0.620. The molecule has 0 saturated heterocycles. The fourth-order valence-electron chi connectivity index (χ4n) is 1.27. The molecule has 4 nitrogen and oxygen atoms in total. The molecule has 0 saturated carbocycles. The van der Waals surface area contributed by atoms with Crippen LogP contribution < -0.4 is 4.74 Å². The minimum Gasteiger partial charge on any atom is -0.491 e. The first-order valence-electron chi connectivity index (χ1n) is 5.41. The van der Waals surface area contributed by atoms with E-state index in [-0.39, 0.29) is 18.1 Å². The van der Waals surface area contributed by atoms with Crippen molar-refractivity contribution >= 4 is 25.8 Å². The van der Waals surface area contributed by atoms with Crippen LogP contribution in [0.3, 0.4) is 0 Å². The van der Waals surface area contributed by atoms with Crippen molar-refractivity contribution in [1.82, 2.24) is 4.98 Å². The van der Waals surface area contributed by atoms with Gasteiger partial charge in [-0.2, -0.15) is 0 Å². The predicted octanol–water partition coefficient (Wildman–Crippen LogP) is 2.18. The molecule has 0 fully saturated rings. The molecule has 0 aliphatic heterocycles. The maximum absolute atomic E-state index is 11.4. The molecule has 0 atom stereocenters. The van der Waals surface area contributed by atoms with Crippen LogP contribution in [0.4, 0.5) is 0 Å². The summed E-state index contributed by atoms with van der Waals surface area (Å²) in [5, 5.41) is 0.693. The summed E-state index contributed by atoms with van der Waals surface area (Å²) in [5.41, 5.74) is 0.913. The highest BCUT2D eigenvalue weighted by molar-refractivity contribution is 9.08. The van der Waals surface area contributed by atoms with Gasteiger partial charge in [0.15, 0.2) is 9.84 Å². The highest BCUT2D eigenvalue weighted by atomic mass is 79.9. The van der Waals surface area contributed by atoms with Crippen molar-refractivity contribution in [3.63, 3.8) is 0 Å². The van der Waals surface area contributed by atoms with Crippen LogP contribution in [0.1, 0.15) is 19.0 Å². The van der Waals surface area contributed by atoms with E-state index in [0.29, 0.717) is 17.5 Å². The summed E-state index contributed by atoms with van der Waals surface area (Å²) < 4.78 is 28.2. The van der Waals surface area contributed by atoms with E-state index in [1.807, 2.05) is 13.0 Å². The Bertz CT molecular complexity index is 431. The van der Waals surface area contributed by atoms with Crippen molar-refractivity contribution in [2.45, 2.75) is 18.7 Å². The van der Waals surface area contributed by atoms with E-state index >= 15 is 0 Å². The van der Waals surface area contributed by atoms with Gasteiger partial charge >= 0.3 is 0 Å². The molecule has 0 bridgehead atoms. The van der Waals surface area contributed by atoms with Gasteiger partial charge in [0.05, 0.1) is 23.4 Å². The molecule has 6 heteroatoms. The second kappa shape index (κ2) is 6.96. The Labute approximate surface area is 110 Å². The lowest BCUT2D eigenvalue weighted by molar-refractivity contribution is 0.339. The number of ether oxygens (including phenoxy) is 1. The SMILES string of the molecule is CCCS(=O)(=O)CCOc1ccc(CBr)nc1. The lowest BCUT2D eigenvalue weighted by Gasteiger charge is -2.06. The fraction of sp³-hybridized carbons (Fsp3) is 0.545. The first kappa shape index (κ1) is 14.4. The molecule has 0 aliphatic carbocycles. The van der Waals surface area contributed by atoms with E-state index in [9.17, 15) is 8.42 Å². The summed E-state index contributed by atoms with van der Waals surface area (Å²) in [4.78, 5) is 4.13. The van der Waals surface area contributed by atoms with Crippen LogP contribution in [0.2, 0.25) is 0 Å². The highest BCUT2D eigenvalue weighted by Gasteiger charge is 2.09. The number of hydrogen-bond donors (Lipinski definition) is 0. The largest absolute Gasteiger partial charge is 0.491 e. The molecule has 0 radical (unpaired) electrons. The number of alkyl halides is 1. The maximum atomic E-state index is 11.4. The standard InChI is InChI=1S/C11H16BrNO3S/c1-2-6-17(14,15)7-5-16-11-4-3-10(8-12)13-9-11/h3-4,9H,2,5-8H2,1H3. The number of pyridine rings is 1. The Morgan fingerprint density at radius 3 is 2.65 bits per heavy atom.